The van der Waals surface area contributed by atoms with E-state index in [1.54, 1.807) is 33.6 Å². The maximum atomic E-state index is 13.5. The summed E-state index contributed by atoms with van der Waals surface area (Å²) in [4.78, 5) is 24.2. The number of rotatable bonds is 6. The van der Waals surface area contributed by atoms with Crippen molar-refractivity contribution in [2.24, 2.45) is 0 Å². The summed E-state index contributed by atoms with van der Waals surface area (Å²) >= 11 is 9.76. The number of hydrogen-bond donors (Lipinski definition) is 2. The third-order valence-corrected chi connectivity index (χ3v) is 8.61. The fourth-order valence-corrected chi connectivity index (χ4v) is 6.33. The van der Waals surface area contributed by atoms with Crippen molar-refractivity contribution < 1.29 is 46.1 Å². The Balaban J connectivity index is 1.61. The number of anilines is 2. The van der Waals surface area contributed by atoms with Gasteiger partial charge in [0.1, 0.15) is 17.6 Å². The minimum Gasteiger partial charge on any atom is -0.444 e. The van der Waals surface area contributed by atoms with Crippen LogP contribution >= 0.6 is 56.8 Å². The van der Waals surface area contributed by atoms with Gasteiger partial charge in [-0.1, -0.05) is 11.6 Å². The van der Waals surface area contributed by atoms with Gasteiger partial charge in [0.2, 0.25) is 0 Å². The number of benzene rings is 1. The Morgan fingerprint density at radius 3 is 2.28 bits per heavy atom. The van der Waals surface area contributed by atoms with Crippen molar-refractivity contribution in [2.75, 3.05) is 30.0 Å². The van der Waals surface area contributed by atoms with Gasteiger partial charge in [-0.2, -0.15) is 26.3 Å². The molecule has 1 aromatic carbocycles. The molecule has 0 aliphatic carbocycles. The lowest BCUT2D eigenvalue weighted by molar-refractivity contribution is -0.143. The van der Waals surface area contributed by atoms with Crippen LogP contribution in [0.4, 0.5) is 42.6 Å². The fourth-order valence-electron chi connectivity index (χ4n) is 4.47. The van der Waals surface area contributed by atoms with Gasteiger partial charge in [0.25, 0.3) is 0 Å². The van der Waals surface area contributed by atoms with Crippen molar-refractivity contribution in [3.63, 3.8) is 0 Å². The number of halogens is 9. The molecule has 8 nitrogen and oxygen atoms in total. The van der Waals surface area contributed by atoms with E-state index in [1.165, 1.54) is 19.3 Å². The molecule has 0 unspecified atom stereocenters. The molecular weight excluding hydrogens is 836 g/mol. The summed E-state index contributed by atoms with van der Waals surface area (Å²) in [6, 6.07) is 3.73. The minimum atomic E-state index is -5.08. The highest BCUT2D eigenvalue weighted by molar-refractivity contribution is 14.1. The lowest BCUT2D eigenvalue weighted by Gasteiger charge is -2.25. The van der Waals surface area contributed by atoms with Crippen molar-refractivity contribution >= 4 is 74.4 Å². The second kappa shape index (κ2) is 13.1. The molecule has 1 aliphatic rings. The van der Waals surface area contributed by atoms with E-state index in [9.17, 15) is 41.4 Å². The number of pyridine rings is 2. The monoisotopic (exact) mass is 856 g/mol. The van der Waals surface area contributed by atoms with Gasteiger partial charge in [-0.3, -0.25) is 4.90 Å². The molecule has 1 amide bonds. The van der Waals surface area contributed by atoms with Gasteiger partial charge >= 0.3 is 18.4 Å². The van der Waals surface area contributed by atoms with E-state index in [2.05, 4.69) is 9.97 Å². The topological polar surface area (TPSA) is 99.0 Å². The van der Waals surface area contributed by atoms with E-state index >= 15 is 0 Å². The Morgan fingerprint density at radius 1 is 1.09 bits per heavy atom. The van der Waals surface area contributed by atoms with Crippen molar-refractivity contribution in [3.05, 3.63) is 65.5 Å². The van der Waals surface area contributed by atoms with E-state index in [-0.39, 0.29) is 41.7 Å². The number of aromatic nitrogens is 2. The zero-order valence-electron chi connectivity index (χ0n) is 21.8. The summed E-state index contributed by atoms with van der Waals surface area (Å²) in [5.41, 5.74) is -3.50. The lowest BCUT2D eigenvalue weighted by Crippen LogP contribution is -2.33. The fraction of sp³-hybridized carbons (Fsp3) is 0.346. The third kappa shape index (κ3) is 7.74. The molecule has 0 spiro atoms. The van der Waals surface area contributed by atoms with Gasteiger partial charge in [0, 0.05) is 31.9 Å². The van der Waals surface area contributed by atoms with Gasteiger partial charge in [0.05, 0.1) is 47.5 Å². The van der Waals surface area contributed by atoms with Crippen LogP contribution in [0.5, 0.6) is 0 Å². The van der Waals surface area contributed by atoms with E-state index in [0.29, 0.717) is 37.2 Å². The molecule has 2 atom stereocenters. The number of aliphatic hydroxyl groups is 2. The van der Waals surface area contributed by atoms with Crippen LogP contribution in [-0.2, 0) is 23.7 Å². The summed E-state index contributed by atoms with van der Waals surface area (Å²) < 4.78 is 87.2. The SMILES string of the molecule is CN(C(=O)OCc1c(I)cc(Cl)nc1-c1cc(C(F)(F)F)cc(C(F)(F)F)c1)c1cnc(N2C[C@H](O)C[C@H]2CO)cc1I. The molecule has 3 aromatic rings. The van der Waals surface area contributed by atoms with Crippen LogP contribution < -0.4 is 9.80 Å². The first-order valence-electron chi connectivity index (χ1n) is 12.3. The number of ether oxygens (including phenoxy) is 1. The Hall–Kier alpha value is -2.16. The van der Waals surface area contributed by atoms with Crippen LogP contribution in [0, 0.1) is 7.14 Å². The van der Waals surface area contributed by atoms with E-state index in [0.717, 1.165) is 4.90 Å². The molecule has 2 aromatic heterocycles. The van der Waals surface area contributed by atoms with Gasteiger partial charge in [-0.15, -0.1) is 0 Å². The highest BCUT2D eigenvalue weighted by Gasteiger charge is 2.37. The zero-order valence-corrected chi connectivity index (χ0v) is 26.9. The molecule has 17 heteroatoms. The molecule has 1 saturated heterocycles. The van der Waals surface area contributed by atoms with Crippen LogP contribution in [0.3, 0.4) is 0 Å². The smallest absolute Gasteiger partial charge is 0.416 e. The maximum absolute atomic E-state index is 13.5. The molecule has 0 saturated carbocycles. The highest BCUT2D eigenvalue weighted by atomic mass is 127. The first-order chi connectivity index (χ1) is 20.0. The van der Waals surface area contributed by atoms with Crippen LogP contribution in [0.1, 0.15) is 23.1 Å². The predicted molar refractivity (Wildman–Crippen MR) is 162 cm³/mol. The second-order valence-corrected chi connectivity index (χ2v) is 12.2. The first kappa shape index (κ1) is 33.7. The molecule has 0 bridgehead atoms. The average Bonchev–Trinajstić information content (AvgIpc) is 3.31. The second-order valence-electron chi connectivity index (χ2n) is 9.53. The molecule has 43 heavy (non-hydrogen) atoms. The summed E-state index contributed by atoms with van der Waals surface area (Å²) in [5, 5.41) is 19.4. The molecular formula is C26H21ClF6I2N4O4. The number of hydrogen-bond acceptors (Lipinski definition) is 7. The molecule has 1 fully saturated rings. The number of nitrogens with zero attached hydrogens (tertiary/aromatic N) is 4. The highest BCUT2D eigenvalue weighted by Crippen LogP contribution is 2.40. The minimum absolute atomic E-state index is 0.00438. The lowest BCUT2D eigenvalue weighted by atomic mass is 9.99. The van der Waals surface area contributed by atoms with Crippen molar-refractivity contribution in [2.45, 2.75) is 37.5 Å². The predicted octanol–water partition coefficient (Wildman–Crippen LogP) is 6.75. The van der Waals surface area contributed by atoms with E-state index < -0.39 is 47.8 Å². The van der Waals surface area contributed by atoms with Crippen LogP contribution in [-0.4, -0.2) is 58.6 Å². The average molecular weight is 857 g/mol. The Labute approximate surface area is 273 Å². The van der Waals surface area contributed by atoms with Gasteiger partial charge in [-0.05, 0) is 81.9 Å². The van der Waals surface area contributed by atoms with Crippen LogP contribution in [0.25, 0.3) is 11.3 Å². The Morgan fingerprint density at radius 2 is 1.72 bits per heavy atom. The number of carbonyl (C=O) groups excluding carboxylic acids is 1. The summed E-state index contributed by atoms with van der Waals surface area (Å²) in [5.74, 6) is 0.483. The number of alkyl halides is 6. The van der Waals surface area contributed by atoms with Crippen molar-refractivity contribution in [3.8, 4) is 11.3 Å². The largest absolute Gasteiger partial charge is 0.444 e. The normalized spacial score (nSPS) is 17.3. The van der Waals surface area contributed by atoms with Crippen molar-refractivity contribution in [1.82, 2.24) is 9.97 Å². The third-order valence-electron chi connectivity index (χ3n) is 6.59. The van der Waals surface area contributed by atoms with Crippen LogP contribution in [0.2, 0.25) is 5.15 Å². The summed E-state index contributed by atoms with van der Waals surface area (Å²) in [6.45, 7) is -0.454. The molecule has 232 valence electrons. The number of β-amino-alcohol motifs (C(OH)–C–C–N with tert-alkyl or cyclic N) is 1. The molecule has 2 N–H and O–H groups in total. The van der Waals surface area contributed by atoms with Crippen molar-refractivity contribution in [1.29, 1.82) is 0 Å². The summed E-state index contributed by atoms with van der Waals surface area (Å²) in [7, 11) is 1.39. The number of amides is 1. The van der Waals surface area contributed by atoms with E-state index in [1.807, 2.05) is 22.6 Å². The Kier molecular flexibility index (Phi) is 10.2. The molecule has 4 rings (SSSR count). The molecule has 1 aliphatic heterocycles. The molecule has 0 radical (unpaired) electrons. The summed E-state index contributed by atoms with van der Waals surface area (Å²) in [6.07, 6.45) is -9.90. The Bertz CT molecular complexity index is 1500. The number of carbonyl (C=O) groups is 1. The first-order valence-corrected chi connectivity index (χ1v) is 14.8. The van der Waals surface area contributed by atoms with Gasteiger partial charge < -0.3 is 19.8 Å². The van der Waals surface area contributed by atoms with Gasteiger partial charge in [0.15, 0.2) is 0 Å². The number of aliphatic hydroxyl groups excluding tert-OH is 2. The van der Waals surface area contributed by atoms with Crippen LogP contribution in [0.15, 0.2) is 36.5 Å². The zero-order chi connectivity index (χ0) is 31.9. The standard InChI is InChI=1S/C26H21ClF6I2N4O4/c1-38(20-8-36-22(7-19(20)35)39-9-16(41)5-15(39)10-40)24(42)43-11-17-18(34)6-21(27)37-23(17)12-2-13(25(28,29)30)4-14(3-12)26(31,32)33/h2-4,6-8,15-16,40-41H,5,9-11H2,1H3/t15-,16+/m0/s1. The quantitative estimate of drug-likeness (QED) is 0.161. The van der Waals surface area contributed by atoms with Gasteiger partial charge in [-0.25, -0.2) is 14.8 Å². The molecule has 3 heterocycles. The maximum Gasteiger partial charge on any atom is 0.416 e. The van der Waals surface area contributed by atoms with E-state index in [4.69, 9.17) is 16.3 Å².